The number of aliphatic hydroxyl groups excluding tert-OH is 6. The van der Waals surface area contributed by atoms with Crippen LogP contribution in [0.5, 0.6) is 17.2 Å². The van der Waals surface area contributed by atoms with Crippen molar-refractivity contribution in [2.45, 2.75) is 75.3 Å². The van der Waals surface area contributed by atoms with Gasteiger partial charge in [0.2, 0.25) is 6.29 Å². The Morgan fingerprint density at radius 1 is 0.805 bits per heavy atom. The quantitative estimate of drug-likeness (QED) is 0.167. The molecule has 8 N–H and O–H groups in total. The topological polar surface area (TPSA) is 233 Å². The number of ether oxygens (including phenoxy) is 4. The largest absolute Gasteiger partial charge is 0.508 e. The average molecular weight is 579 g/mol. The Kier molecular flexibility index (Phi) is 7.80. The van der Waals surface area contributed by atoms with Crippen LogP contribution in [-0.2, 0) is 14.2 Å². The van der Waals surface area contributed by atoms with E-state index in [1.165, 1.54) is 26.0 Å². The molecule has 5 rings (SSSR count). The maximum absolute atomic E-state index is 13.3. The number of carbonyl (C=O) groups is 2. The van der Waals surface area contributed by atoms with Crippen molar-refractivity contribution < 1.29 is 69.4 Å². The van der Waals surface area contributed by atoms with E-state index in [-0.39, 0.29) is 39.3 Å². The van der Waals surface area contributed by atoms with Gasteiger partial charge in [-0.1, -0.05) is 0 Å². The second-order valence-corrected chi connectivity index (χ2v) is 10.3. The van der Waals surface area contributed by atoms with Crippen molar-refractivity contribution >= 4 is 11.6 Å². The van der Waals surface area contributed by atoms with Crippen molar-refractivity contribution in [1.29, 1.82) is 0 Å². The minimum absolute atomic E-state index is 0.00300. The van der Waals surface area contributed by atoms with Gasteiger partial charge in [-0.25, -0.2) is 0 Å². The van der Waals surface area contributed by atoms with Crippen LogP contribution in [0.25, 0.3) is 0 Å². The van der Waals surface area contributed by atoms with Gasteiger partial charge >= 0.3 is 0 Å². The lowest BCUT2D eigenvalue weighted by molar-refractivity contribution is -0.354. The number of carbonyl (C=O) groups excluding carboxylic acids is 2. The van der Waals surface area contributed by atoms with Gasteiger partial charge in [-0.2, -0.15) is 0 Å². The Morgan fingerprint density at radius 2 is 1.51 bits per heavy atom. The van der Waals surface area contributed by atoms with Crippen LogP contribution in [0.4, 0.5) is 0 Å². The molecule has 2 heterocycles. The van der Waals surface area contributed by atoms with E-state index in [0.717, 1.165) is 12.1 Å². The van der Waals surface area contributed by atoms with Crippen molar-refractivity contribution in [3.05, 3.63) is 52.1 Å². The molecule has 0 amide bonds. The van der Waals surface area contributed by atoms with Gasteiger partial charge in [0.05, 0.1) is 18.3 Å². The zero-order chi connectivity index (χ0) is 29.9. The Balaban J connectivity index is 1.50. The molecule has 41 heavy (non-hydrogen) atoms. The van der Waals surface area contributed by atoms with Crippen LogP contribution in [0.3, 0.4) is 0 Å². The second-order valence-electron chi connectivity index (χ2n) is 10.3. The molecule has 3 aliphatic rings. The van der Waals surface area contributed by atoms with E-state index in [9.17, 15) is 50.4 Å². The molecule has 2 saturated heterocycles. The first-order chi connectivity index (χ1) is 19.3. The maximum Gasteiger partial charge on any atom is 0.229 e. The van der Waals surface area contributed by atoms with E-state index in [1.807, 2.05) is 0 Å². The number of benzene rings is 2. The first-order valence-electron chi connectivity index (χ1n) is 12.8. The molecular formula is C27H30O14. The highest BCUT2D eigenvalue weighted by Gasteiger charge is 2.51. The highest BCUT2D eigenvalue weighted by Crippen LogP contribution is 2.41. The maximum atomic E-state index is 13.3. The fraction of sp³-hybridized carbons (Fsp3) is 0.481. The highest BCUT2D eigenvalue weighted by atomic mass is 16.8. The van der Waals surface area contributed by atoms with Crippen LogP contribution in [0, 0.1) is 6.92 Å². The van der Waals surface area contributed by atoms with Gasteiger partial charge in [-0.15, -0.1) is 0 Å². The van der Waals surface area contributed by atoms with E-state index >= 15 is 0 Å². The zero-order valence-corrected chi connectivity index (χ0v) is 21.8. The number of aromatic hydroxyl groups is 2. The summed E-state index contributed by atoms with van der Waals surface area (Å²) in [7, 11) is 0. The fourth-order valence-electron chi connectivity index (χ4n) is 5.17. The number of aliphatic hydroxyl groups is 6. The third-order valence-electron chi connectivity index (χ3n) is 7.64. The molecule has 10 atom stereocenters. The summed E-state index contributed by atoms with van der Waals surface area (Å²) >= 11 is 0. The lowest BCUT2D eigenvalue weighted by Crippen LogP contribution is -2.64. The molecule has 0 saturated carbocycles. The van der Waals surface area contributed by atoms with Crippen LogP contribution < -0.4 is 4.74 Å². The summed E-state index contributed by atoms with van der Waals surface area (Å²) in [5.41, 5.74) is -0.626. The van der Waals surface area contributed by atoms with Crippen molar-refractivity contribution in [3.63, 3.8) is 0 Å². The van der Waals surface area contributed by atoms with E-state index in [4.69, 9.17) is 18.9 Å². The summed E-state index contributed by atoms with van der Waals surface area (Å²) in [6, 6.07) is 4.79. The van der Waals surface area contributed by atoms with Gasteiger partial charge in [0.15, 0.2) is 24.0 Å². The van der Waals surface area contributed by atoms with E-state index in [1.54, 1.807) is 0 Å². The predicted molar refractivity (Wildman–Crippen MR) is 133 cm³/mol. The zero-order valence-electron chi connectivity index (χ0n) is 21.8. The molecule has 14 nitrogen and oxygen atoms in total. The van der Waals surface area contributed by atoms with Crippen molar-refractivity contribution in [3.8, 4) is 17.2 Å². The van der Waals surface area contributed by atoms with E-state index in [0.29, 0.717) is 0 Å². The molecule has 0 bridgehead atoms. The van der Waals surface area contributed by atoms with Gasteiger partial charge in [-0.05, 0) is 38.1 Å². The highest BCUT2D eigenvalue weighted by molar-refractivity contribution is 6.29. The van der Waals surface area contributed by atoms with Crippen LogP contribution in [0.1, 0.15) is 44.3 Å². The van der Waals surface area contributed by atoms with Gasteiger partial charge in [-0.3, -0.25) is 9.59 Å². The van der Waals surface area contributed by atoms with Crippen molar-refractivity contribution in [2.75, 3.05) is 6.61 Å². The molecule has 1 aliphatic carbocycles. The Morgan fingerprint density at radius 3 is 2.20 bits per heavy atom. The monoisotopic (exact) mass is 578 g/mol. The van der Waals surface area contributed by atoms with Gasteiger partial charge in [0.25, 0.3) is 0 Å². The molecule has 222 valence electrons. The number of phenolic OH excluding ortho intramolecular Hbond substituents is 2. The molecule has 14 heteroatoms. The summed E-state index contributed by atoms with van der Waals surface area (Å²) in [5, 5.41) is 82.3. The summed E-state index contributed by atoms with van der Waals surface area (Å²) < 4.78 is 22.6. The summed E-state index contributed by atoms with van der Waals surface area (Å²) in [6.07, 6.45) is -15.7. The minimum atomic E-state index is -1.80. The molecular weight excluding hydrogens is 548 g/mol. The fourth-order valence-corrected chi connectivity index (χ4v) is 5.17. The molecule has 2 aliphatic heterocycles. The number of phenols is 2. The van der Waals surface area contributed by atoms with Crippen LogP contribution in [0.2, 0.25) is 0 Å². The second kappa shape index (κ2) is 10.9. The molecule has 0 spiro atoms. The standard InChI is InChI=1S/C27H30O14/c1-8-14(6-13-16(17(8)30)20(33)11-4-3-10(29)5-12(11)19(13)32)39-27-25(23(36)21(34)15(7-28)40-27)41-26-24(37)22(35)18(31)9(2)38-26/h3-6,9,15,18,21-31,34-37H,7H2,1-2H3/t9-,15+,18-,21-,22+,23+,24+,25+,26+,27-/m0/s1. The third kappa shape index (κ3) is 4.86. The lowest BCUT2D eigenvalue weighted by Gasteiger charge is -2.45. The first kappa shape index (κ1) is 29.3. The van der Waals surface area contributed by atoms with Crippen LogP contribution in [0.15, 0.2) is 24.3 Å². The van der Waals surface area contributed by atoms with Crippen molar-refractivity contribution in [2.24, 2.45) is 0 Å². The molecule has 2 fully saturated rings. The smallest absolute Gasteiger partial charge is 0.229 e. The van der Waals surface area contributed by atoms with Gasteiger partial charge < -0.3 is 59.8 Å². The number of hydrogen-bond donors (Lipinski definition) is 8. The van der Waals surface area contributed by atoms with Crippen LogP contribution >= 0.6 is 0 Å². The average Bonchev–Trinajstić information content (AvgIpc) is 2.94. The minimum Gasteiger partial charge on any atom is -0.508 e. The number of fused-ring (bicyclic) bond motifs is 2. The summed E-state index contributed by atoms with van der Waals surface area (Å²) in [6.45, 7) is 2.04. The Hall–Kier alpha value is -3.18. The number of hydrogen-bond acceptors (Lipinski definition) is 14. The number of ketones is 2. The third-order valence-corrected chi connectivity index (χ3v) is 7.64. The number of rotatable bonds is 5. The summed E-state index contributed by atoms with van der Waals surface area (Å²) in [4.78, 5) is 26.4. The lowest BCUT2D eigenvalue weighted by atomic mass is 9.82. The molecule has 0 radical (unpaired) electrons. The molecule has 0 aromatic heterocycles. The van der Waals surface area contributed by atoms with Gasteiger partial charge in [0.1, 0.15) is 53.9 Å². The van der Waals surface area contributed by atoms with E-state index < -0.39 is 85.3 Å². The normalized spacial score (nSPS) is 35.1. The van der Waals surface area contributed by atoms with Gasteiger partial charge in [0, 0.05) is 22.3 Å². The van der Waals surface area contributed by atoms with Crippen LogP contribution in [-0.4, -0.2) is 120 Å². The van der Waals surface area contributed by atoms with E-state index in [2.05, 4.69) is 0 Å². The molecule has 2 aromatic rings. The Bertz CT molecular complexity index is 1360. The Labute approximate surface area is 232 Å². The van der Waals surface area contributed by atoms with Crippen molar-refractivity contribution in [1.82, 2.24) is 0 Å². The predicted octanol–water partition coefficient (Wildman–Crippen LogP) is -1.79. The SMILES string of the molecule is Cc1c(O[C@H]2O[C@H](CO)[C@H](O)[C@@H](O)[C@H]2O[C@H]2O[C@@H](C)[C@H](O)[C@@H](O)[C@H]2O)cc2c(c1O)C(=O)c1ccc(O)cc1C2=O. The first-order valence-corrected chi connectivity index (χ1v) is 12.8. The molecule has 0 unspecified atom stereocenters. The molecule has 2 aromatic carbocycles. The summed E-state index contributed by atoms with van der Waals surface area (Å²) in [5.74, 6) is -2.36.